The highest BCUT2D eigenvalue weighted by Gasteiger charge is 2.19. The Kier molecular flexibility index (Phi) is 4.04. The molecule has 2 nitrogen and oxygen atoms in total. The van der Waals surface area contributed by atoms with Crippen LogP contribution in [0.3, 0.4) is 0 Å². The standard InChI is InChI=1S/C13H8ClF4NO/c14-7-2-1-3-10(20)6(7)5-19-13-11(17)8(15)4-9(16)12(13)18/h1-4,19-20H,5H2. The maximum absolute atomic E-state index is 13.4. The molecule has 0 atom stereocenters. The Morgan fingerprint density at radius 1 is 1.05 bits per heavy atom. The quantitative estimate of drug-likeness (QED) is 0.657. The fraction of sp³-hybridized carbons (Fsp3) is 0.0769. The Morgan fingerprint density at radius 2 is 1.65 bits per heavy atom. The first kappa shape index (κ1) is 14.5. The van der Waals surface area contributed by atoms with Crippen LogP contribution in [0.1, 0.15) is 5.56 Å². The van der Waals surface area contributed by atoms with Gasteiger partial charge in [-0.3, -0.25) is 0 Å². The number of phenols is 1. The number of hydrogen-bond donors (Lipinski definition) is 2. The van der Waals surface area contributed by atoms with Crippen LogP contribution >= 0.6 is 11.6 Å². The lowest BCUT2D eigenvalue weighted by molar-refractivity contribution is 0.457. The average molecular weight is 306 g/mol. The summed E-state index contributed by atoms with van der Waals surface area (Å²) in [5.41, 5.74) is -0.806. The normalized spacial score (nSPS) is 10.7. The molecule has 2 rings (SSSR count). The van der Waals surface area contributed by atoms with Crippen molar-refractivity contribution in [2.45, 2.75) is 6.54 Å². The first-order valence-electron chi connectivity index (χ1n) is 5.45. The summed E-state index contributed by atoms with van der Waals surface area (Å²) in [4.78, 5) is 0. The van der Waals surface area contributed by atoms with E-state index >= 15 is 0 Å². The van der Waals surface area contributed by atoms with Crippen LogP contribution in [0, 0.1) is 23.3 Å². The van der Waals surface area contributed by atoms with Crippen molar-refractivity contribution in [2.75, 3.05) is 5.32 Å². The van der Waals surface area contributed by atoms with E-state index in [4.69, 9.17) is 11.6 Å². The van der Waals surface area contributed by atoms with E-state index in [-0.39, 0.29) is 28.9 Å². The molecular weight excluding hydrogens is 298 g/mol. The second kappa shape index (κ2) is 5.58. The number of anilines is 1. The Morgan fingerprint density at radius 3 is 2.20 bits per heavy atom. The predicted molar refractivity (Wildman–Crippen MR) is 66.7 cm³/mol. The Bertz CT molecular complexity index is 617. The van der Waals surface area contributed by atoms with Crippen molar-refractivity contribution in [3.8, 4) is 5.75 Å². The van der Waals surface area contributed by atoms with Crippen molar-refractivity contribution in [3.63, 3.8) is 0 Å². The first-order chi connectivity index (χ1) is 9.41. The SMILES string of the molecule is Oc1cccc(Cl)c1CNc1c(F)c(F)cc(F)c1F. The average Bonchev–Trinajstić information content (AvgIpc) is 2.39. The molecule has 2 aromatic rings. The lowest BCUT2D eigenvalue weighted by Crippen LogP contribution is -2.07. The third-order valence-corrected chi connectivity index (χ3v) is 3.00. The first-order valence-corrected chi connectivity index (χ1v) is 5.82. The van der Waals surface area contributed by atoms with Crippen LogP contribution < -0.4 is 5.32 Å². The Hall–Kier alpha value is -1.95. The summed E-state index contributed by atoms with van der Waals surface area (Å²) in [7, 11) is 0. The fourth-order valence-electron chi connectivity index (χ4n) is 1.63. The van der Waals surface area contributed by atoms with Gasteiger partial charge in [-0.25, -0.2) is 17.6 Å². The van der Waals surface area contributed by atoms with Crippen molar-refractivity contribution >= 4 is 17.3 Å². The van der Waals surface area contributed by atoms with E-state index in [9.17, 15) is 22.7 Å². The largest absolute Gasteiger partial charge is 0.508 e. The van der Waals surface area contributed by atoms with E-state index in [1.807, 2.05) is 0 Å². The molecule has 0 saturated carbocycles. The number of aromatic hydroxyl groups is 1. The molecule has 0 heterocycles. The lowest BCUT2D eigenvalue weighted by Gasteiger charge is -2.12. The van der Waals surface area contributed by atoms with Gasteiger partial charge in [0.15, 0.2) is 23.3 Å². The van der Waals surface area contributed by atoms with Crippen LogP contribution in [0.2, 0.25) is 5.02 Å². The van der Waals surface area contributed by atoms with Crippen LogP contribution in [-0.2, 0) is 6.54 Å². The zero-order valence-corrected chi connectivity index (χ0v) is 10.6. The minimum absolute atomic E-state index is 0.114. The molecule has 0 unspecified atom stereocenters. The number of halogens is 5. The molecular formula is C13H8ClF4NO. The summed E-state index contributed by atoms with van der Waals surface area (Å²) >= 11 is 5.80. The van der Waals surface area contributed by atoms with Gasteiger partial charge in [-0.2, -0.15) is 0 Å². The Labute approximate surface area is 116 Å². The van der Waals surface area contributed by atoms with Gasteiger partial charge in [0, 0.05) is 23.2 Å². The third kappa shape index (κ3) is 2.65. The third-order valence-electron chi connectivity index (χ3n) is 2.65. The van der Waals surface area contributed by atoms with E-state index in [2.05, 4.69) is 5.32 Å². The molecule has 106 valence electrons. The zero-order chi connectivity index (χ0) is 14.9. The zero-order valence-electron chi connectivity index (χ0n) is 9.85. The van der Waals surface area contributed by atoms with Crippen LogP contribution in [0.25, 0.3) is 0 Å². The van der Waals surface area contributed by atoms with Crippen LogP contribution in [0.15, 0.2) is 24.3 Å². The molecule has 0 aromatic heterocycles. The second-order valence-electron chi connectivity index (χ2n) is 3.93. The highest BCUT2D eigenvalue weighted by Crippen LogP contribution is 2.28. The lowest BCUT2D eigenvalue weighted by atomic mass is 10.2. The van der Waals surface area contributed by atoms with Gasteiger partial charge < -0.3 is 10.4 Å². The molecule has 0 bridgehead atoms. The van der Waals surface area contributed by atoms with Gasteiger partial charge in [0.2, 0.25) is 0 Å². The number of rotatable bonds is 3. The molecule has 2 aromatic carbocycles. The molecule has 0 fully saturated rings. The van der Waals surface area contributed by atoms with Crippen molar-refractivity contribution in [1.29, 1.82) is 0 Å². The predicted octanol–water partition coefficient (Wildman–Crippen LogP) is 4.21. The minimum Gasteiger partial charge on any atom is -0.508 e. The molecule has 2 N–H and O–H groups in total. The highest BCUT2D eigenvalue weighted by molar-refractivity contribution is 6.31. The molecule has 0 aliphatic carbocycles. The van der Waals surface area contributed by atoms with E-state index in [1.54, 1.807) is 0 Å². The maximum Gasteiger partial charge on any atom is 0.185 e. The van der Waals surface area contributed by atoms with Crippen molar-refractivity contribution in [1.82, 2.24) is 0 Å². The number of nitrogens with one attached hydrogen (secondary N) is 1. The van der Waals surface area contributed by atoms with Gasteiger partial charge in [0.05, 0.1) is 0 Å². The maximum atomic E-state index is 13.4. The Balaban J connectivity index is 2.32. The highest BCUT2D eigenvalue weighted by atomic mass is 35.5. The summed E-state index contributed by atoms with van der Waals surface area (Å²) in [5, 5.41) is 11.9. The van der Waals surface area contributed by atoms with Crippen LogP contribution in [0.5, 0.6) is 5.75 Å². The summed E-state index contributed by atoms with van der Waals surface area (Å²) in [6.45, 7) is -0.303. The van der Waals surface area contributed by atoms with Crippen LogP contribution in [-0.4, -0.2) is 5.11 Å². The molecule has 0 spiro atoms. The molecule has 0 radical (unpaired) electrons. The summed E-state index contributed by atoms with van der Waals surface area (Å²) in [5.74, 6) is -6.34. The van der Waals surface area contributed by atoms with E-state index in [0.717, 1.165) is 0 Å². The monoisotopic (exact) mass is 305 g/mol. The smallest absolute Gasteiger partial charge is 0.185 e. The van der Waals surface area contributed by atoms with Gasteiger partial charge in [-0.1, -0.05) is 17.7 Å². The van der Waals surface area contributed by atoms with Gasteiger partial charge in [0.1, 0.15) is 11.4 Å². The topological polar surface area (TPSA) is 32.3 Å². The van der Waals surface area contributed by atoms with E-state index in [0.29, 0.717) is 0 Å². The van der Waals surface area contributed by atoms with Crippen molar-refractivity contribution in [3.05, 3.63) is 58.1 Å². The minimum atomic E-state index is -1.55. The van der Waals surface area contributed by atoms with Crippen molar-refractivity contribution in [2.24, 2.45) is 0 Å². The molecule has 20 heavy (non-hydrogen) atoms. The number of hydrogen-bond acceptors (Lipinski definition) is 2. The van der Waals surface area contributed by atoms with Gasteiger partial charge >= 0.3 is 0 Å². The summed E-state index contributed by atoms with van der Waals surface area (Å²) < 4.78 is 52.8. The molecule has 0 aliphatic heterocycles. The molecule has 7 heteroatoms. The van der Waals surface area contributed by atoms with E-state index < -0.39 is 29.0 Å². The van der Waals surface area contributed by atoms with Crippen molar-refractivity contribution < 1.29 is 22.7 Å². The van der Waals surface area contributed by atoms with Crippen LogP contribution in [0.4, 0.5) is 23.2 Å². The van der Waals surface area contributed by atoms with E-state index in [1.165, 1.54) is 18.2 Å². The summed E-state index contributed by atoms with van der Waals surface area (Å²) in [6, 6.07) is 4.37. The number of benzene rings is 2. The summed E-state index contributed by atoms with van der Waals surface area (Å²) in [6.07, 6.45) is 0. The fourth-order valence-corrected chi connectivity index (χ4v) is 1.86. The molecule has 0 saturated heterocycles. The molecule has 0 aliphatic rings. The van der Waals surface area contributed by atoms with Gasteiger partial charge in [-0.15, -0.1) is 0 Å². The molecule has 0 amide bonds. The van der Waals surface area contributed by atoms with Gasteiger partial charge in [0.25, 0.3) is 0 Å². The second-order valence-corrected chi connectivity index (χ2v) is 4.34. The number of phenolic OH excluding ortho intramolecular Hbond substituents is 1. The van der Waals surface area contributed by atoms with Gasteiger partial charge in [-0.05, 0) is 12.1 Å².